The van der Waals surface area contributed by atoms with Gasteiger partial charge in [0.25, 0.3) is 0 Å². The Bertz CT molecular complexity index is 520. The SMILES string of the molecule is O=c1ccc(F)cc(C2=CCC=N2)c1O. The quantitative estimate of drug-likeness (QED) is 0.758. The molecule has 0 bridgehead atoms. The van der Waals surface area contributed by atoms with E-state index in [2.05, 4.69) is 4.99 Å². The average molecular weight is 205 g/mol. The van der Waals surface area contributed by atoms with Crippen molar-refractivity contribution in [1.29, 1.82) is 0 Å². The summed E-state index contributed by atoms with van der Waals surface area (Å²) in [4.78, 5) is 15.2. The Morgan fingerprint density at radius 3 is 2.87 bits per heavy atom. The van der Waals surface area contributed by atoms with Crippen LogP contribution in [0.15, 0.2) is 34.1 Å². The van der Waals surface area contributed by atoms with Gasteiger partial charge in [0.2, 0.25) is 5.43 Å². The Kier molecular flexibility index (Phi) is 2.33. The van der Waals surface area contributed by atoms with Crippen LogP contribution in [0.5, 0.6) is 5.75 Å². The number of allylic oxidation sites excluding steroid dienone is 1. The van der Waals surface area contributed by atoms with E-state index in [1.165, 1.54) is 0 Å². The van der Waals surface area contributed by atoms with Gasteiger partial charge in [0, 0.05) is 18.2 Å². The second-order valence-corrected chi connectivity index (χ2v) is 3.13. The van der Waals surface area contributed by atoms with Gasteiger partial charge < -0.3 is 5.11 Å². The summed E-state index contributed by atoms with van der Waals surface area (Å²) in [7, 11) is 0. The van der Waals surface area contributed by atoms with Crippen LogP contribution < -0.4 is 5.43 Å². The zero-order valence-electron chi connectivity index (χ0n) is 7.77. The fraction of sp³-hybridized carbons (Fsp3) is 0.0909. The summed E-state index contributed by atoms with van der Waals surface area (Å²) in [5, 5.41) is 9.55. The van der Waals surface area contributed by atoms with Crippen LogP contribution in [0.3, 0.4) is 0 Å². The van der Waals surface area contributed by atoms with E-state index in [1.54, 1.807) is 12.3 Å². The largest absolute Gasteiger partial charge is 0.504 e. The maximum absolute atomic E-state index is 13.1. The van der Waals surface area contributed by atoms with Crippen molar-refractivity contribution < 1.29 is 9.50 Å². The van der Waals surface area contributed by atoms with E-state index < -0.39 is 17.0 Å². The van der Waals surface area contributed by atoms with Gasteiger partial charge in [0.1, 0.15) is 5.82 Å². The lowest BCUT2D eigenvalue weighted by atomic mass is 10.2. The molecule has 1 aliphatic rings. The number of nitrogens with zero attached hydrogens (tertiary/aromatic N) is 1. The van der Waals surface area contributed by atoms with Gasteiger partial charge >= 0.3 is 0 Å². The van der Waals surface area contributed by atoms with Crippen molar-refractivity contribution in [2.45, 2.75) is 6.42 Å². The molecule has 2 rings (SSSR count). The molecule has 0 amide bonds. The molecule has 3 nitrogen and oxygen atoms in total. The monoisotopic (exact) mass is 205 g/mol. The van der Waals surface area contributed by atoms with Gasteiger partial charge in [-0.25, -0.2) is 4.39 Å². The first-order chi connectivity index (χ1) is 7.18. The zero-order chi connectivity index (χ0) is 10.8. The van der Waals surface area contributed by atoms with E-state index in [-0.39, 0.29) is 5.56 Å². The Labute approximate surface area is 85.2 Å². The van der Waals surface area contributed by atoms with Crippen molar-refractivity contribution in [2.24, 2.45) is 4.99 Å². The van der Waals surface area contributed by atoms with Gasteiger partial charge in [-0.05, 0) is 18.2 Å². The minimum absolute atomic E-state index is 0.135. The molecule has 1 aromatic carbocycles. The maximum Gasteiger partial charge on any atom is 0.220 e. The predicted octanol–water partition coefficient (Wildman–Crippen LogP) is 1.71. The Morgan fingerprint density at radius 1 is 1.40 bits per heavy atom. The molecule has 1 aromatic rings. The number of halogens is 1. The molecule has 1 heterocycles. The smallest absolute Gasteiger partial charge is 0.220 e. The van der Waals surface area contributed by atoms with Crippen LogP contribution in [0.2, 0.25) is 0 Å². The minimum Gasteiger partial charge on any atom is -0.504 e. The van der Waals surface area contributed by atoms with Crippen LogP contribution in [0.25, 0.3) is 5.70 Å². The third kappa shape index (κ3) is 1.79. The highest BCUT2D eigenvalue weighted by atomic mass is 19.1. The molecule has 0 fully saturated rings. The second kappa shape index (κ2) is 3.65. The van der Waals surface area contributed by atoms with Crippen LogP contribution in [-0.4, -0.2) is 11.3 Å². The molecule has 0 radical (unpaired) electrons. The topological polar surface area (TPSA) is 49.7 Å². The molecule has 0 aromatic heterocycles. The van der Waals surface area contributed by atoms with E-state index in [9.17, 15) is 14.3 Å². The molecule has 0 aliphatic carbocycles. The van der Waals surface area contributed by atoms with Gasteiger partial charge in [0.05, 0.1) is 5.70 Å². The standard InChI is InChI=1S/C11H8FNO2/c12-7-3-4-10(14)11(15)8(6-7)9-2-1-5-13-9/h2-6H,1H2,(H,14,15). The summed E-state index contributed by atoms with van der Waals surface area (Å²) in [6, 6.07) is 3.11. The van der Waals surface area contributed by atoms with E-state index >= 15 is 0 Å². The Hall–Kier alpha value is -1.97. The highest BCUT2D eigenvalue weighted by molar-refractivity contribution is 5.82. The van der Waals surface area contributed by atoms with E-state index in [0.29, 0.717) is 12.1 Å². The van der Waals surface area contributed by atoms with E-state index in [0.717, 1.165) is 18.2 Å². The van der Waals surface area contributed by atoms with Crippen LogP contribution in [0.4, 0.5) is 4.39 Å². The molecule has 15 heavy (non-hydrogen) atoms. The van der Waals surface area contributed by atoms with Gasteiger partial charge in [-0.1, -0.05) is 6.08 Å². The van der Waals surface area contributed by atoms with Gasteiger partial charge in [0.15, 0.2) is 5.75 Å². The summed E-state index contributed by atoms with van der Waals surface area (Å²) in [6.45, 7) is 0. The average Bonchev–Trinajstić information content (AvgIpc) is 2.70. The lowest BCUT2D eigenvalue weighted by Crippen LogP contribution is -1.95. The molecule has 76 valence electrons. The van der Waals surface area contributed by atoms with Crippen LogP contribution in [0.1, 0.15) is 12.0 Å². The number of aliphatic imine (C=N–C) groups is 1. The zero-order valence-corrected chi connectivity index (χ0v) is 7.77. The Morgan fingerprint density at radius 2 is 2.20 bits per heavy atom. The van der Waals surface area contributed by atoms with Crippen molar-refractivity contribution in [2.75, 3.05) is 0 Å². The van der Waals surface area contributed by atoms with Gasteiger partial charge in [-0.2, -0.15) is 0 Å². The van der Waals surface area contributed by atoms with Crippen molar-refractivity contribution >= 4 is 11.9 Å². The highest BCUT2D eigenvalue weighted by Gasteiger charge is 2.11. The molecule has 0 saturated carbocycles. The molecule has 1 aliphatic heterocycles. The van der Waals surface area contributed by atoms with Gasteiger partial charge in [-0.15, -0.1) is 0 Å². The lowest BCUT2D eigenvalue weighted by molar-refractivity contribution is 0.469. The number of hydrogen-bond donors (Lipinski definition) is 1. The summed E-state index contributed by atoms with van der Waals surface area (Å²) in [5.74, 6) is -1.05. The number of aromatic hydroxyl groups is 1. The maximum atomic E-state index is 13.1. The summed E-state index contributed by atoms with van der Waals surface area (Å²) < 4.78 is 13.1. The van der Waals surface area contributed by atoms with E-state index in [1.807, 2.05) is 0 Å². The van der Waals surface area contributed by atoms with Crippen molar-refractivity contribution in [3.05, 3.63) is 45.9 Å². The first-order valence-electron chi connectivity index (χ1n) is 4.44. The summed E-state index contributed by atoms with van der Waals surface area (Å²) in [6.07, 6.45) is 3.97. The first-order valence-corrected chi connectivity index (χ1v) is 4.44. The summed E-state index contributed by atoms with van der Waals surface area (Å²) >= 11 is 0. The summed E-state index contributed by atoms with van der Waals surface area (Å²) in [5.41, 5.74) is -0.0483. The second-order valence-electron chi connectivity index (χ2n) is 3.13. The first kappa shape index (κ1) is 9.58. The van der Waals surface area contributed by atoms with Crippen molar-refractivity contribution in [3.63, 3.8) is 0 Å². The molecular formula is C11H8FNO2. The molecule has 0 unspecified atom stereocenters. The highest BCUT2D eigenvalue weighted by Crippen LogP contribution is 2.25. The number of rotatable bonds is 1. The molecule has 0 saturated heterocycles. The van der Waals surface area contributed by atoms with E-state index in [4.69, 9.17) is 0 Å². The van der Waals surface area contributed by atoms with Crippen LogP contribution in [-0.2, 0) is 0 Å². The molecule has 0 spiro atoms. The third-order valence-electron chi connectivity index (χ3n) is 2.09. The normalized spacial score (nSPS) is 14.1. The van der Waals surface area contributed by atoms with Gasteiger partial charge in [-0.3, -0.25) is 9.79 Å². The molecule has 0 atom stereocenters. The van der Waals surface area contributed by atoms with Crippen LogP contribution >= 0.6 is 0 Å². The molecular weight excluding hydrogens is 197 g/mol. The fourth-order valence-corrected chi connectivity index (χ4v) is 1.36. The van der Waals surface area contributed by atoms with Crippen molar-refractivity contribution in [1.82, 2.24) is 0 Å². The third-order valence-corrected chi connectivity index (χ3v) is 2.09. The fourth-order valence-electron chi connectivity index (χ4n) is 1.36. The van der Waals surface area contributed by atoms with Crippen molar-refractivity contribution in [3.8, 4) is 5.75 Å². The predicted molar refractivity (Wildman–Crippen MR) is 55.4 cm³/mol. The Balaban J connectivity index is 2.71. The lowest BCUT2D eigenvalue weighted by Gasteiger charge is -1.97. The molecule has 1 N–H and O–H groups in total. The van der Waals surface area contributed by atoms with Crippen LogP contribution in [0, 0.1) is 5.82 Å². The molecule has 4 heteroatoms. The minimum atomic E-state index is -0.614. The number of hydrogen-bond acceptors (Lipinski definition) is 3.